The summed E-state index contributed by atoms with van der Waals surface area (Å²) in [5.41, 5.74) is 6.26. The SMILES string of the molecule is C=C/C=C(\C=C(/C)c1cn(-c2cccc3ncccc23)nn1)c1ccc(F)cc1C. The van der Waals surface area contributed by atoms with Gasteiger partial charge in [0.15, 0.2) is 0 Å². The normalized spacial score (nSPS) is 12.4. The van der Waals surface area contributed by atoms with Gasteiger partial charge in [-0.1, -0.05) is 36.1 Å². The van der Waals surface area contributed by atoms with Crippen LogP contribution in [0, 0.1) is 12.7 Å². The highest BCUT2D eigenvalue weighted by Gasteiger charge is 2.10. The molecule has 2 aromatic carbocycles. The molecule has 0 N–H and O–H groups in total. The van der Waals surface area contributed by atoms with Crippen LogP contribution in [-0.2, 0) is 0 Å². The minimum absolute atomic E-state index is 0.248. The van der Waals surface area contributed by atoms with Gasteiger partial charge in [-0.15, -0.1) is 5.10 Å². The van der Waals surface area contributed by atoms with Gasteiger partial charge in [0.1, 0.15) is 11.5 Å². The van der Waals surface area contributed by atoms with E-state index < -0.39 is 0 Å². The number of rotatable bonds is 5. The van der Waals surface area contributed by atoms with Crippen LogP contribution in [0.25, 0.3) is 27.7 Å². The molecule has 0 saturated carbocycles. The number of nitrogens with zero attached hydrogens (tertiary/aromatic N) is 4. The Bertz CT molecular complexity index is 1290. The van der Waals surface area contributed by atoms with Crippen LogP contribution in [-0.4, -0.2) is 20.0 Å². The number of hydrogen-bond donors (Lipinski definition) is 0. The predicted octanol–water partition coefficient (Wildman–Crippen LogP) is 5.94. The fourth-order valence-corrected chi connectivity index (χ4v) is 3.45. The topological polar surface area (TPSA) is 43.6 Å². The maximum absolute atomic E-state index is 13.5. The lowest BCUT2D eigenvalue weighted by atomic mass is 9.97. The van der Waals surface area contributed by atoms with Gasteiger partial charge in [0.25, 0.3) is 0 Å². The second kappa shape index (κ2) is 8.25. The molecular weight excluding hydrogens is 375 g/mol. The standard InChI is InChI=1S/C25H21FN4/c1-4-7-19(21-12-11-20(26)15-17(21)2)14-18(3)24-16-30(29-28-24)25-10-5-9-23-22(25)8-6-13-27-23/h4-16H,1H2,2-3H3/b18-14+,19-7+. The summed E-state index contributed by atoms with van der Waals surface area (Å²) in [6.07, 6.45) is 9.32. The van der Waals surface area contributed by atoms with Crippen molar-refractivity contribution in [2.75, 3.05) is 0 Å². The smallest absolute Gasteiger partial charge is 0.123 e. The minimum atomic E-state index is -0.248. The third-order valence-corrected chi connectivity index (χ3v) is 4.94. The molecule has 148 valence electrons. The molecule has 0 radical (unpaired) electrons. The number of fused-ring (bicyclic) bond motifs is 1. The Balaban J connectivity index is 1.72. The molecule has 0 aliphatic carbocycles. The molecule has 0 amide bonds. The highest BCUT2D eigenvalue weighted by Crippen LogP contribution is 2.26. The van der Waals surface area contributed by atoms with Gasteiger partial charge >= 0.3 is 0 Å². The van der Waals surface area contributed by atoms with E-state index in [9.17, 15) is 4.39 Å². The third-order valence-electron chi connectivity index (χ3n) is 4.94. The zero-order chi connectivity index (χ0) is 21.1. The molecule has 4 aromatic rings. The van der Waals surface area contributed by atoms with Gasteiger partial charge in [-0.25, -0.2) is 9.07 Å². The largest absolute Gasteiger partial charge is 0.256 e. The average Bonchev–Trinajstić information content (AvgIpc) is 3.23. The molecular formula is C25H21FN4. The van der Waals surface area contributed by atoms with E-state index in [0.717, 1.165) is 44.6 Å². The lowest BCUT2D eigenvalue weighted by Gasteiger charge is -2.08. The van der Waals surface area contributed by atoms with E-state index in [2.05, 4.69) is 21.9 Å². The molecule has 2 heterocycles. The zero-order valence-electron chi connectivity index (χ0n) is 16.9. The Morgan fingerprint density at radius 1 is 1.13 bits per heavy atom. The van der Waals surface area contributed by atoms with Crippen molar-refractivity contribution >= 4 is 22.0 Å². The Kier molecular flexibility index (Phi) is 5.35. The van der Waals surface area contributed by atoms with Crippen LogP contribution in [0.4, 0.5) is 4.39 Å². The monoisotopic (exact) mass is 396 g/mol. The fraction of sp³-hybridized carbons (Fsp3) is 0.0800. The Morgan fingerprint density at radius 3 is 2.80 bits per heavy atom. The van der Waals surface area contributed by atoms with E-state index in [1.165, 1.54) is 12.1 Å². The molecule has 0 atom stereocenters. The van der Waals surface area contributed by atoms with E-state index in [-0.39, 0.29) is 5.82 Å². The summed E-state index contributed by atoms with van der Waals surface area (Å²) in [7, 11) is 0. The second-order valence-electron chi connectivity index (χ2n) is 7.04. The van der Waals surface area contributed by atoms with Crippen molar-refractivity contribution < 1.29 is 4.39 Å². The first-order chi connectivity index (χ1) is 14.6. The van der Waals surface area contributed by atoms with Gasteiger partial charge in [0, 0.05) is 11.6 Å². The van der Waals surface area contributed by atoms with Gasteiger partial charge in [-0.2, -0.15) is 0 Å². The van der Waals surface area contributed by atoms with Crippen LogP contribution < -0.4 is 0 Å². The Hall–Kier alpha value is -3.86. The predicted molar refractivity (Wildman–Crippen MR) is 120 cm³/mol. The summed E-state index contributed by atoms with van der Waals surface area (Å²) in [5, 5.41) is 9.68. The molecule has 4 nitrogen and oxygen atoms in total. The fourth-order valence-electron chi connectivity index (χ4n) is 3.45. The van der Waals surface area contributed by atoms with Crippen molar-refractivity contribution in [1.29, 1.82) is 0 Å². The van der Waals surface area contributed by atoms with Gasteiger partial charge in [0.05, 0.1) is 17.4 Å². The number of pyridine rings is 1. The highest BCUT2D eigenvalue weighted by molar-refractivity contribution is 5.87. The number of allylic oxidation sites excluding steroid dienone is 5. The Labute approximate surface area is 174 Å². The van der Waals surface area contributed by atoms with Crippen LogP contribution in [0.2, 0.25) is 0 Å². The first kappa shape index (κ1) is 19.5. The number of aromatic nitrogens is 4. The highest BCUT2D eigenvalue weighted by atomic mass is 19.1. The molecule has 0 aliphatic rings. The summed E-state index contributed by atoms with van der Waals surface area (Å²) < 4.78 is 15.3. The molecule has 0 spiro atoms. The van der Waals surface area contributed by atoms with Gasteiger partial charge in [-0.3, -0.25) is 4.98 Å². The molecule has 30 heavy (non-hydrogen) atoms. The summed E-state index contributed by atoms with van der Waals surface area (Å²) in [5.74, 6) is -0.248. The van der Waals surface area contributed by atoms with Crippen molar-refractivity contribution in [3.8, 4) is 5.69 Å². The number of aryl methyl sites for hydroxylation is 1. The molecule has 0 unspecified atom stereocenters. The van der Waals surface area contributed by atoms with Crippen molar-refractivity contribution in [1.82, 2.24) is 20.0 Å². The van der Waals surface area contributed by atoms with Crippen LogP contribution in [0.3, 0.4) is 0 Å². The maximum Gasteiger partial charge on any atom is 0.123 e. The van der Waals surface area contributed by atoms with Crippen molar-refractivity contribution in [3.05, 3.63) is 108 Å². The first-order valence-electron chi connectivity index (χ1n) is 9.61. The van der Waals surface area contributed by atoms with Gasteiger partial charge < -0.3 is 0 Å². The van der Waals surface area contributed by atoms with E-state index in [0.29, 0.717) is 0 Å². The lowest BCUT2D eigenvalue weighted by molar-refractivity contribution is 0.626. The van der Waals surface area contributed by atoms with Crippen molar-refractivity contribution in [3.63, 3.8) is 0 Å². The summed E-state index contributed by atoms with van der Waals surface area (Å²) in [6.45, 7) is 7.68. The van der Waals surface area contributed by atoms with Crippen LogP contribution in [0.15, 0.2) is 85.7 Å². The molecule has 0 aliphatic heterocycles. The van der Waals surface area contributed by atoms with E-state index in [4.69, 9.17) is 0 Å². The van der Waals surface area contributed by atoms with Crippen molar-refractivity contribution in [2.45, 2.75) is 13.8 Å². The average molecular weight is 396 g/mol. The summed E-state index contributed by atoms with van der Waals surface area (Å²) >= 11 is 0. The zero-order valence-corrected chi connectivity index (χ0v) is 16.9. The molecule has 0 saturated heterocycles. The van der Waals surface area contributed by atoms with Crippen LogP contribution in [0.5, 0.6) is 0 Å². The molecule has 4 rings (SSSR count). The van der Waals surface area contributed by atoms with E-state index >= 15 is 0 Å². The first-order valence-corrected chi connectivity index (χ1v) is 9.61. The van der Waals surface area contributed by atoms with Crippen molar-refractivity contribution in [2.24, 2.45) is 0 Å². The quantitative estimate of drug-likeness (QED) is 0.392. The molecule has 0 bridgehead atoms. The van der Waals surface area contributed by atoms with E-state index in [1.807, 2.05) is 62.5 Å². The Morgan fingerprint density at radius 2 is 2.00 bits per heavy atom. The second-order valence-corrected chi connectivity index (χ2v) is 7.04. The van der Waals surface area contributed by atoms with E-state index in [1.54, 1.807) is 23.0 Å². The number of benzene rings is 2. The summed E-state index contributed by atoms with van der Waals surface area (Å²) in [6, 6.07) is 14.6. The summed E-state index contributed by atoms with van der Waals surface area (Å²) in [4.78, 5) is 4.40. The van der Waals surface area contributed by atoms with Gasteiger partial charge in [0.2, 0.25) is 0 Å². The molecule has 0 fully saturated rings. The molecule has 2 aromatic heterocycles. The number of hydrogen-bond acceptors (Lipinski definition) is 3. The molecule has 5 heteroatoms. The minimum Gasteiger partial charge on any atom is -0.256 e. The maximum atomic E-state index is 13.5. The number of halogens is 1. The van der Waals surface area contributed by atoms with Crippen LogP contribution >= 0.6 is 0 Å². The van der Waals surface area contributed by atoms with Gasteiger partial charge in [-0.05, 0) is 78.6 Å². The third kappa shape index (κ3) is 3.82. The van der Waals surface area contributed by atoms with Crippen LogP contribution in [0.1, 0.15) is 23.7 Å². The lowest BCUT2D eigenvalue weighted by Crippen LogP contribution is -1.96.